The molecule has 0 aliphatic carbocycles. The van der Waals surface area contributed by atoms with Gasteiger partial charge in [0, 0.05) is 24.3 Å². The van der Waals surface area contributed by atoms with Crippen molar-refractivity contribution in [2.24, 2.45) is 11.3 Å². The van der Waals surface area contributed by atoms with E-state index in [0.717, 1.165) is 32.9 Å². The van der Waals surface area contributed by atoms with E-state index < -0.39 is 28.9 Å². The van der Waals surface area contributed by atoms with Gasteiger partial charge in [0.1, 0.15) is 37.2 Å². The maximum atomic E-state index is 14.1. The quantitative estimate of drug-likeness (QED) is 0.0576. The van der Waals surface area contributed by atoms with Crippen molar-refractivity contribution in [1.82, 2.24) is 15.2 Å². The molecule has 0 unspecified atom stereocenters. The SMILES string of the molecule is [C-]#[N+]c1ccc(N2C(=O)C(C)(C)N(c3ccc(OCC#CC#CCOCC(=O)N[C@H](C(=O)N4C[C@H](C)C[C@H]4C(=O)CCc4ccc(-c5scnc5C)cc4)C(C)(C)C)cc3)C2=S)cc1C. The molecular weight excluding hydrogens is 857 g/mol. The number of amides is 3. The predicted octanol–water partition coefficient (Wildman–Crippen LogP) is 8.27. The van der Waals surface area contributed by atoms with E-state index in [0.29, 0.717) is 48.0 Å². The number of thiazole rings is 1. The van der Waals surface area contributed by atoms with Gasteiger partial charge in [0.05, 0.1) is 28.7 Å². The molecule has 14 heteroatoms. The van der Waals surface area contributed by atoms with Crippen LogP contribution < -0.4 is 19.9 Å². The maximum Gasteiger partial charge on any atom is 0.259 e. The second-order valence-electron chi connectivity index (χ2n) is 17.9. The van der Waals surface area contributed by atoms with Crippen molar-refractivity contribution in [2.75, 3.05) is 36.2 Å². The zero-order chi connectivity index (χ0) is 47.1. The molecule has 3 amide bonds. The zero-order valence-corrected chi connectivity index (χ0v) is 39.7. The number of carbonyl (C=O) groups excluding carboxylic acids is 4. The molecule has 12 nitrogen and oxygen atoms in total. The summed E-state index contributed by atoms with van der Waals surface area (Å²) < 4.78 is 11.3. The fourth-order valence-electron chi connectivity index (χ4n) is 7.97. The lowest BCUT2D eigenvalue weighted by Gasteiger charge is -2.35. The van der Waals surface area contributed by atoms with Crippen molar-refractivity contribution in [3.8, 4) is 39.9 Å². The molecule has 2 aliphatic rings. The molecule has 2 saturated heterocycles. The number of ether oxygens (including phenoxy) is 2. The van der Waals surface area contributed by atoms with Crippen LogP contribution in [0.1, 0.15) is 71.2 Å². The Labute approximate surface area is 391 Å². The molecule has 0 bridgehead atoms. The highest BCUT2D eigenvalue weighted by molar-refractivity contribution is 7.81. The average Bonchev–Trinajstić information content (AvgIpc) is 3.93. The lowest BCUT2D eigenvalue weighted by molar-refractivity contribution is -0.144. The first-order chi connectivity index (χ1) is 30.9. The number of thiocarbonyl (C=S) groups is 1. The van der Waals surface area contributed by atoms with Crippen LogP contribution in [0, 0.1) is 55.4 Å². The number of hydrogen-bond donors (Lipinski definition) is 1. The Morgan fingerprint density at radius 1 is 1.02 bits per heavy atom. The van der Waals surface area contributed by atoms with Gasteiger partial charge in [0.25, 0.3) is 5.91 Å². The predicted molar refractivity (Wildman–Crippen MR) is 259 cm³/mol. The summed E-state index contributed by atoms with van der Waals surface area (Å²) in [6.07, 6.45) is 1.48. The van der Waals surface area contributed by atoms with E-state index in [1.807, 2.05) is 85.2 Å². The van der Waals surface area contributed by atoms with Gasteiger partial charge in [-0.25, -0.2) is 9.83 Å². The van der Waals surface area contributed by atoms with Crippen molar-refractivity contribution in [1.29, 1.82) is 0 Å². The molecule has 3 atom stereocenters. The van der Waals surface area contributed by atoms with Gasteiger partial charge in [-0.15, -0.1) is 11.3 Å². The van der Waals surface area contributed by atoms with Crippen LogP contribution in [-0.2, 0) is 30.3 Å². The number of nitrogens with zero attached hydrogens (tertiary/aromatic N) is 5. The summed E-state index contributed by atoms with van der Waals surface area (Å²) in [5.74, 6) is 10.8. The Kier molecular flexibility index (Phi) is 15.3. The van der Waals surface area contributed by atoms with E-state index in [2.05, 4.69) is 51.0 Å². The Bertz CT molecular complexity index is 2620. The molecule has 4 aromatic rings. The van der Waals surface area contributed by atoms with E-state index in [9.17, 15) is 19.2 Å². The minimum absolute atomic E-state index is 0.0206. The van der Waals surface area contributed by atoms with E-state index >= 15 is 0 Å². The van der Waals surface area contributed by atoms with Crippen molar-refractivity contribution in [2.45, 2.75) is 92.3 Å². The first-order valence-corrected chi connectivity index (χ1v) is 22.7. The fourth-order valence-corrected chi connectivity index (χ4v) is 9.31. The smallest absolute Gasteiger partial charge is 0.259 e. The molecule has 65 heavy (non-hydrogen) atoms. The van der Waals surface area contributed by atoms with Gasteiger partial charge in [-0.05, 0) is 135 Å². The van der Waals surface area contributed by atoms with Crippen LogP contribution in [0.3, 0.4) is 0 Å². The molecule has 0 spiro atoms. The fraction of sp³-hybridized carbons (Fsp3) is 0.392. The van der Waals surface area contributed by atoms with E-state index in [1.165, 1.54) is 4.90 Å². The highest BCUT2D eigenvalue weighted by atomic mass is 32.1. The lowest BCUT2D eigenvalue weighted by atomic mass is 9.85. The number of likely N-dealkylation sites (tertiary alicyclic amines) is 1. The number of aromatic nitrogens is 1. The van der Waals surface area contributed by atoms with Gasteiger partial charge in [0.2, 0.25) is 11.8 Å². The standard InChI is InChI=1S/C51H54N6O6S2/c1-33-28-42(43(58)25-16-36-14-17-37(18-15-36)45-35(3)53-32-65-45)55(30-33)47(60)46(50(4,5)6)54-44(59)31-62-26-12-10-11-13-27-63-40-22-19-38(20-23-40)57-49(64)56(48(61)51(57,7)8)39-21-24-41(52-9)34(2)29-39/h14-15,17-24,29,32-33,42,46H,16,25-28,30-31H2,1-8H3,(H,54,59)/t33-,42+,46-/m1/s1. The third-order valence-electron chi connectivity index (χ3n) is 11.5. The number of anilines is 2. The van der Waals surface area contributed by atoms with E-state index in [1.54, 1.807) is 51.5 Å². The van der Waals surface area contributed by atoms with Crippen LogP contribution in [0.4, 0.5) is 17.1 Å². The molecule has 2 aliphatic heterocycles. The van der Waals surface area contributed by atoms with Crippen molar-refractivity contribution in [3.63, 3.8) is 0 Å². The molecule has 2 fully saturated rings. The summed E-state index contributed by atoms with van der Waals surface area (Å²) >= 11 is 7.40. The molecule has 0 radical (unpaired) electrons. The second kappa shape index (κ2) is 20.6. The molecule has 3 aromatic carbocycles. The van der Waals surface area contributed by atoms with Gasteiger partial charge in [-0.3, -0.25) is 24.1 Å². The largest absolute Gasteiger partial charge is 0.481 e. The molecule has 336 valence electrons. The Hall–Kier alpha value is -6.37. The summed E-state index contributed by atoms with van der Waals surface area (Å²) in [7, 11) is 0. The van der Waals surface area contributed by atoms with Crippen LogP contribution in [0.25, 0.3) is 15.3 Å². The monoisotopic (exact) mass is 910 g/mol. The summed E-state index contributed by atoms with van der Waals surface area (Å²) in [4.78, 5) is 68.2. The number of benzene rings is 3. The number of hydrogen-bond acceptors (Lipinski definition) is 9. The van der Waals surface area contributed by atoms with Crippen LogP contribution in [0.5, 0.6) is 5.75 Å². The van der Waals surface area contributed by atoms with Gasteiger partial charge in [-0.2, -0.15) is 0 Å². The zero-order valence-electron chi connectivity index (χ0n) is 38.1. The highest BCUT2D eigenvalue weighted by Gasteiger charge is 2.50. The maximum absolute atomic E-state index is 14.1. The van der Waals surface area contributed by atoms with Gasteiger partial charge in [0.15, 0.2) is 16.6 Å². The Balaban J connectivity index is 0.943. The first kappa shape index (κ1) is 48.1. The topological polar surface area (TPSA) is 126 Å². The Morgan fingerprint density at radius 2 is 1.69 bits per heavy atom. The van der Waals surface area contributed by atoms with E-state index in [-0.39, 0.29) is 43.3 Å². The third kappa shape index (κ3) is 11.3. The lowest BCUT2D eigenvalue weighted by Crippen LogP contribution is -2.57. The molecule has 6 rings (SSSR count). The van der Waals surface area contributed by atoms with Crippen LogP contribution in [0.2, 0.25) is 0 Å². The number of aryl methyl sites for hydroxylation is 3. The first-order valence-electron chi connectivity index (χ1n) is 21.5. The van der Waals surface area contributed by atoms with E-state index in [4.69, 9.17) is 28.3 Å². The molecule has 0 saturated carbocycles. The summed E-state index contributed by atoms with van der Waals surface area (Å²) in [6.45, 7) is 22.7. The number of carbonyl (C=O) groups is 4. The van der Waals surface area contributed by atoms with Crippen LogP contribution >= 0.6 is 23.6 Å². The minimum Gasteiger partial charge on any atom is -0.481 e. The van der Waals surface area contributed by atoms with Gasteiger partial charge in [-0.1, -0.05) is 63.9 Å². The molecule has 3 heterocycles. The minimum atomic E-state index is -0.950. The normalized spacial score (nSPS) is 17.1. The molecule has 1 aromatic heterocycles. The number of rotatable bonds is 14. The van der Waals surface area contributed by atoms with Crippen molar-refractivity contribution >= 4 is 69.2 Å². The average molecular weight is 911 g/mol. The summed E-state index contributed by atoms with van der Waals surface area (Å²) in [5.41, 5.74) is 6.03. The molecular formula is C51H54N6O6S2. The molecule has 1 N–H and O–H groups in total. The highest BCUT2D eigenvalue weighted by Crippen LogP contribution is 2.38. The summed E-state index contributed by atoms with van der Waals surface area (Å²) in [6, 6.07) is 19.2. The van der Waals surface area contributed by atoms with Gasteiger partial charge < -0.3 is 24.6 Å². The number of Topliss-reactive ketones (excluding diaryl/α,β-unsaturated/α-hetero) is 1. The number of nitrogens with one attached hydrogen (secondary N) is 1. The number of ketones is 1. The summed E-state index contributed by atoms with van der Waals surface area (Å²) in [5, 5.41) is 3.20. The van der Waals surface area contributed by atoms with Crippen molar-refractivity contribution < 1.29 is 28.7 Å². The van der Waals surface area contributed by atoms with Gasteiger partial charge >= 0.3 is 0 Å². The Morgan fingerprint density at radius 3 is 2.32 bits per heavy atom. The van der Waals surface area contributed by atoms with Crippen LogP contribution in [0.15, 0.2) is 72.2 Å². The second-order valence-corrected chi connectivity index (χ2v) is 19.1. The van der Waals surface area contributed by atoms with Crippen LogP contribution in [-0.4, -0.2) is 82.5 Å². The third-order valence-corrected chi connectivity index (χ3v) is 12.8. The van der Waals surface area contributed by atoms with Crippen molar-refractivity contribution in [3.05, 3.63) is 100 Å².